The normalized spacial score (nSPS) is 37.5. The molecule has 0 heterocycles. The summed E-state index contributed by atoms with van der Waals surface area (Å²) in [7, 11) is 0. The third-order valence-corrected chi connectivity index (χ3v) is 4.81. The number of carbonyl (C=O) groups is 3. The van der Waals surface area contributed by atoms with Crippen LogP contribution in [-0.2, 0) is 23.9 Å². The maximum absolute atomic E-state index is 11.8. The Bertz CT molecular complexity index is 419. The molecular formula is C14H18O6. The highest BCUT2D eigenvalue weighted by atomic mass is 16.6. The zero-order chi connectivity index (χ0) is 14.3. The van der Waals surface area contributed by atoms with E-state index in [1.54, 1.807) is 0 Å². The molecule has 4 bridgehead atoms. The van der Waals surface area contributed by atoms with E-state index in [0.717, 1.165) is 19.3 Å². The van der Waals surface area contributed by atoms with Crippen molar-refractivity contribution in [3.8, 4) is 0 Å². The SMILES string of the molecule is O=C(COC(=O)C(=O)O)OC12CC3CC(CC(C3)C1)C2. The van der Waals surface area contributed by atoms with E-state index in [1.165, 1.54) is 19.3 Å². The van der Waals surface area contributed by atoms with Crippen LogP contribution in [0.3, 0.4) is 0 Å². The summed E-state index contributed by atoms with van der Waals surface area (Å²) in [6, 6.07) is 0. The van der Waals surface area contributed by atoms with E-state index in [2.05, 4.69) is 4.74 Å². The number of esters is 2. The van der Waals surface area contributed by atoms with Gasteiger partial charge < -0.3 is 14.6 Å². The molecule has 4 saturated carbocycles. The van der Waals surface area contributed by atoms with Crippen molar-refractivity contribution in [1.29, 1.82) is 0 Å². The first-order valence-electron chi connectivity index (χ1n) is 7.08. The van der Waals surface area contributed by atoms with Gasteiger partial charge in [-0.2, -0.15) is 0 Å². The van der Waals surface area contributed by atoms with Crippen molar-refractivity contribution in [2.75, 3.05) is 6.61 Å². The van der Waals surface area contributed by atoms with Crippen LogP contribution in [0.1, 0.15) is 38.5 Å². The van der Waals surface area contributed by atoms with E-state index < -0.39 is 24.5 Å². The van der Waals surface area contributed by atoms with Crippen LogP contribution in [0, 0.1) is 17.8 Å². The summed E-state index contributed by atoms with van der Waals surface area (Å²) >= 11 is 0. The van der Waals surface area contributed by atoms with Gasteiger partial charge in [-0.1, -0.05) is 0 Å². The fourth-order valence-corrected chi connectivity index (χ4v) is 4.61. The minimum Gasteiger partial charge on any atom is -0.473 e. The number of ether oxygens (including phenoxy) is 2. The van der Waals surface area contributed by atoms with Gasteiger partial charge in [0.25, 0.3) is 0 Å². The highest BCUT2D eigenvalue weighted by Gasteiger charge is 2.53. The summed E-state index contributed by atoms with van der Waals surface area (Å²) in [6.07, 6.45) is 6.42. The predicted octanol–water partition coefficient (Wildman–Crippen LogP) is 1.13. The van der Waals surface area contributed by atoms with Gasteiger partial charge in [0.15, 0.2) is 6.61 Å². The summed E-state index contributed by atoms with van der Waals surface area (Å²) < 4.78 is 9.94. The van der Waals surface area contributed by atoms with E-state index in [4.69, 9.17) is 9.84 Å². The summed E-state index contributed by atoms with van der Waals surface area (Å²) in [4.78, 5) is 32.8. The first-order chi connectivity index (χ1) is 9.46. The van der Waals surface area contributed by atoms with Crippen molar-refractivity contribution in [3.05, 3.63) is 0 Å². The summed E-state index contributed by atoms with van der Waals surface area (Å²) in [6.45, 7) is -0.618. The number of carbonyl (C=O) groups excluding carboxylic acids is 2. The highest BCUT2D eigenvalue weighted by molar-refractivity contribution is 6.28. The molecule has 1 N–H and O–H groups in total. The van der Waals surface area contributed by atoms with Crippen molar-refractivity contribution in [3.63, 3.8) is 0 Å². The number of rotatable bonds is 3. The molecule has 110 valence electrons. The minimum absolute atomic E-state index is 0.387. The second kappa shape index (κ2) is 4.75. The second-order valence-corrected chi connectivity index (χ2v) is 6.46. The molecule has 4 aliphatic carbocycles. The lowest BCUT2D eigenvalue weighted by Crippen LogP contribution is -2.53. The molecule has 0 atom stereocenters. The monoisotopic (exact) mass is 282 g/mol. The van der Waals surface area contributed by atoms with Crippen molar-refractivity contribution in [2.45, 2.75) is 44.1 Å². The van der Waals surface area contributed by atoms with Gasteiger partial charge in [0.2, 0.25) is 0 Å². The fourth-order valence-electron chi connectivity index (χ4n) is 4.61. The van der Waals surface area contributed by atoms with E-state index in [-0.39, 0.29) is 5.60 Å². The first kappa shape index (κ1) is 13.4. The number of carboxylic acids is 1. The zero-order valence-corrected chi connectivity index (χ0v) is 11.2. The van der Waals surface area contributed by atoms with Gasteiger partial charge in [-0.05, 0) is 56.3 Å². The van der Waals surface area contributed by atoms with Crippen LogP contribution >= 0.6 is 0 Å². The van der Waals surface area contributed by atoms with Crippen molar-refractivity contribution in [2.24, 2.45) is 17.8 Å². The lowest BCUT2D eigenvalue weighted by atomic mass is 9.54. The third-order valence-electron chi connectivity index (χ3n) is 4.81. The average molecular weight is 282 g/mol. The van der Waals surface area contributed by atoms with Gasteiger partial charge in [-0.3, -0.25) is 0 Å². The van der Waals surface area contributed by atoms with Crippen LogP contribution in [0.5, 0.6) is 0 Å². The van der Waals surface area contributed by atoms with E-state index in [0.29, 0.717) is 17.8 Å². The van der Waals surface area contributed by atoms with Gasteiger partial charge in [-0.15, -0.1) is 0 Å². The molecule has 6 heteroatoms. The number of hydrogen-bond donors (Lipinski definition) is 1. The molecule has 0 saturated heterocycles. The molecule has 4 fully saturated rings. The van der Waals surface area contributed by atoms with Crippen molar-refractivity contribution in [1.82, 2.24) is 0 Å². The lowest BCUT2D eigenvalue weighted by Gasteiger charge is -2.55. The fraction of sp³-hybridized carbons (Fsp3) is 0.786. The molecule has 4 aliphatic rings. The number of aliphatic carboxylic acids is 1. The number of carboxylic acid groups (broad SMARTS) is 1. The van der Waals surface area contributed by atoms with E-state index in [9.17, 15) is 14.4 Å². The predicted molar refractivity (Wildman–Crippen MR) is 65.6 cm³/mol. The van der Waals surface area contributed by atoms with E-state index in [1.807, 2.05) is 0 Å². The molecule has 0 amide bonds. The Kier molecular flexibility index (Phi) is 3.18. The van der Waals surface area contributed by atoms with Crippen LogP contribution in [-0.4, -0.2) is 35.2 Å². The third kappa shape index (κ3) is 2.51. The molecule has 6 nitrogen and oxygen atoms in total. The Labute approximate surface area is 116 Å². The highest BCUT2D eigenvalue weighted by Crippen LogP contribution is 2.57. The Balaban J connectivity index is 1.56. The zero-order valence-electron chi connectivity index (χ0n) is 11.2. The van der Waals surface area contributed by atoms with Crippen LogP contribution < -0.4 is 0 Å². The Morgan fingerprint density at radius 2 is 1.50 bits per heavy atom. The quantitative estimate of drug-likeness (QED) is 0.616. The Morgan fingerprint density at radius 1 is 1.00 bits per heavy atom. The van der Waals surface area contributed by atoms with Gasteiger partial charge in [-0.25, -0.2) is 14.4 Å². The molecule has 4 rings (SSSR count). The molecule has 0 aromatic heterocycles. The maximum atomic E-state index is 11.8. The van der Waals surface area contributed by atoms with Crippen LogP contribution in [0.25, 0.3) is 0 Å². The molecule has 0 unspecified atom stereocenters. The summed E-state index contributed by atoms with van der Waals surface area (Å²) in [5.74, 6) is -1.82. The second-order valence-electron chi connectivity index (χ2n) is 6.46. The topological polar surface area (TPSA) is 89.9 Å². The van der Waals surface area contributed by atoms with Crippen LogP contribution in [0.15, 0.2) is 0 Å². The first-order valence-corrected chi connectivity index (χ1v) is 7.08. The van der Waals surface area contributed by atoms with Crippen molar-refractivity contribution >= 4 is 17.9 Å². The molecule has 0 aromatic rings. The van der Waals surface area contributed by atoms with Gasteiger partial charge in [0, 0.05) is 0 Å². The summed E-state index contributed by atoms with van der Waals surface area (Å²) in [5.41, 5.74) is -0.387. The average Bonchev–Trinajstić information content (AvgIpc) is 2.33. The Morgan fingerprint density at radius 3 is 1.95 bits per heavy atom. The molecule has 0 aliphatic heterocycles. The number of hydrogen-bond acceptors (Lipinski definition) is 5. The molecule has 20 heavy (non-hydrogen) atoms. The maximum Gasteiger partial charge on any atom is 0.417 e. The van der Waals surface area contributed by atoms with Gasteiger partial charge in [0.1, 0.15) is 5.60 Å². The molecule has 0 aromatic carbocycles. The largest absolute Gasteiger partial charge is 0.473 e. The molecule has 0 radical (unpaired) electrons. The minimum atomic E-state index is -1.70. The standard InChI is InChI=1S/C14H18O6/c15-11(7-19-13(18)12(16)17)20-14-4-8-1-9(5-14)3-10(2-8)6-14/h8-10H,1-7H2,(H,16,17). The van der Waals surface area contributed by atoms with Crippen LogP contribution in [0.4, 0.5) is 0 Å². The van der Waals surface area contributed by atoms with Gasteiger partial charge in [0.05, 0.1) is 0 Å². The lowest BCUT2D eigenvalue weighted by molar-refractivity contribution is -0.192. The van der Waals surface area contributed by atoms with Gasteiger partial charge >= 0.3 is 17.9 Å². The van der Waals surface area contributed by atoms with E-state index >= 15 is 0 Å². The molecule has 0 spiro atoms. The Hall–Kier alpha value is -1.59. The van der Waals surface area contributed by atoms with Crippen LogP contribution in [0.2, 0.25) is 0 Å². The summed E-state index contributed by atoms with van der Waals surface area (Å²) in [5, 5.41) is 8.37. The smallest absolute Gasteiger partial charge is 0.417 e. The molecular weight excluding hydrogens is 264 g/mol. The van der Waals surface area contributed by atoms with Crippen molar-refractivity contribution < 1.29 is 29.0 Å².